The number of aryl methyl sites for hydroxylation is 1. The van der Waals surface area contributed by atoms with E-state index in [0.717, 1.165) is 17.0 Å². The predicted octanol–water partition coefficient (Wildman–Crippen LogP) is 4.52. The molecular formula is C13H11F3N2S. The molecule has 1 N–H and O–H groups in total. The number of hydrogen-bond acceptors (Lipinski definition) is 3. The van der Waals surface area contributed by atoms with Crippen molar-refractivity contribution in [3.63, 3.8) is 0 Å². The topological polar surface area (TPSA) is 24.4 Å². The molecule has 0 fully saturated rings. The fourth-order valence-electron chi connectivity index (χ4n) is 1.43. The van der Waals surface area contributed by atoms with Gasteiger partial charge in [-0.1, -0.05) is 0 Å². The number of hydrazone groups is 1. The van der Waals surface area contributed by atoms with Gasteiger partial charge in [0.25, 0.3) is 0 Å². The maximum absolute atomic E-state index is 12.3. The van der Waals surface area contributed by atoms with Crippen molar-refractivity contribution < 1.29 is 13.2 Å². The lowest BCUT2D eigenvalue weighted by Crippen LogP contribution is -2.04. The van der Waals surface area contributed by atoms with Gasteiger partial charge in [-0.2, -0.15) is 18.3 Å². The van der Waals surface area contributed by atoms with Crippen LogP contribution in [0.4, 0.5) is 18.9 Å². The zero-order chi connectivity index (χ0) is 13.9. The Bertz CT molecular complexity index is 570. The summed E-state index contributed by atoms with van der Waals surface area (Å²) in [6.45, 7) is 1.99. The van der Waals surface area contributed by atoms with Gasteiger partial charge in [-0.25, -0.2) is 0 Å². The Labute approximate surface area is 112 Å². The molecular weight excluding hydrogens is 273 g/mol. The van der Waals surface area contributed by atoms with Crippen LogP contribution in [0.25, 0.3) is 0 Å². The molecule has 6 heteroatoms. The van der Waals surface area contributed by atoms with Crippen LogP contribution in [-0.2, 0) is 6.18 Å². The lowest BCUT2D eigenvalue weighted by atomic mass is 10.2. The van der Waals surface area contributed by atoms with Gasteiger partial charge in [0.1, 0.15) is 0 Å². The predicted molar refractivity (Wildman–Crippen MR) is 71.7 cm³/mol. The third-order valence-electron chi connectivity index (χ3n) is 2.36. The standard InChI is InChI=1S/C13H11F3N2S/c1-9-2-7-12(19-9)8-17-18-11-5-3-10(4-6-11)13(14,15)16/h2-8,18H,1H3. The Kier molecular flexibility index (Phi) is 3.90. The van der Waals surface area contributed by atoms with Crippen LogP contribution in [-0.4, -0.2) is 6.21 Å². The van der Waals surface area contributed by atoms with Gasteiger partial charge in [0, 0.05) is 9.75 Å². The number of nitrogens with zero attached hydrogens (tertiary/aromatic N) is 1. The van der Waals surface area contributed by atoms with Crippen molar-refractivity contribution in [1.29, 1.82) is 0 Å². The minimum absolute atomic E-state index is 0.512. The number of halogens is 3. The first-order valence-electron chi connectivity index (χ1n) is 5.48. The van der Waals surface area contributed by atoms with Crippen molar-refractivity contribution in [2.75, 3.05) is 5.43 Å². The molecule has 2 aromatic rings. The van der Waals surface area contributed by atoms with E-state index in [1.165, 1.54) is 17.0 Å². The van der Waals surface area contributed by atoms with Crippen LogP contribution in [0.15, 0.2) is 41.5 Å². The molecule has 0 amide bonds. The Balaban J connectivity index is 1.98. The summed E-state index contributed by atoms with van der Waals surface area (Å²) in [6.07, 6.45) is -2.67. The summed E-state index contributed by atoms with van der Waals surface area (Å²) in [7, 11) is 0. The van der Waals surface area contributed by atoms with Crippen molar-refractivity contribution in [2.24, 2.45) is 5.10 Å². The Morgan fingerprint density at radius 1 is 1.11 bits per heavy atom. The highest BCUT2D eigenvalue weighted by Gasteiger charge is 2.29. The van der Waals surface area contributed by atoms with Crippen molar-refractivity contribution in [3.05, 3.63) is 51.7 Å². The van der Waals surface area contributed by atoms with E-state index in [4.69, 9.17) is 0 Å². The van der Waals surface area contributed by atoms with E-state index in [1.807, 2.05) is 19.1 Å². The molecule has 0 spiro atoms. The normalized spacial score (nSPS) is 12.0. The third kappa shape index (κ3) is 3.82. The molecule has 0 unspecified atom stereocenters. The third-order valence-corrected chi connectivity index (χ3v) is 3.29. The quantitative estimate of drug-likeness (QED) is 0.650. The van der Waals surface area contributed by atoms with Gasteiger partial charge in [0.05, 0.1) is 17.5 Å². The number of rotatable bonds is 3. The molecule has 1 heterocycles. The van der Waals surface area contributed by atoms with Crippen molar-refractivity contribution in [2.45, 2.75) is 13.1 Å². The van der Waals surface area contributed by atoms with E-state index >= 15 is 0 Å². The highest BCUT2D eigenvalue weighted by atomic mass is 32.1. The maximum Gasteiger partial charge on any atom is 0.416 e. The monoisotopic (exact) mass is 284 g/mol. The minimum atomic E-state index is -4.31. The second-order valence-electron chi connectivity index (χ2n) is 3.89. The van der Waals surface area contributed by atoms with Crippen molar-refractivity contribution in [3.8, 4) is 0 Å². The van der Waals surface area contributed by atoms with E-state index in [9.17, 15) is 13.2 Å². The van der Waals surface area contributed by atoms with Crippen molar-refractivity contribution >= 4 is 23.2 Å². The zero-order valence-corrected chi connectivity index (χ0v) is 10.8. The molecule has 0 saturated carbocycles. The first-order valence-corrected chi connectivity index (χ1v) is 6.29. The first kappa shape index (κ1) is 13.6. The van der Waals surface area contributed by atoms with Crippen LogP contribution in [0.3, 0.4) is 0 Å². The molecule has 0 aliphatic carbocycles. The zero-order valence-electron chi connectivity index (χ0n) is 10.0. The van der Waals surface area contributed by atoms with E-state index in [0.29, 0.717) is 5.69 Å². The molecule has 0 aliphatic heterocycles. The molecule has 0 radical (unpaired) electrons. The van der Waals surface area contributed by atoms with Gasteiger partial charge < -0.3 is 0 Å². The molecule has 0 saturated heterocycles. The number of anilines is 1. The summed E-state index contributed by atoms with van der Waals surface area (Å²) in [5.74, 6) is 0. The fourth-order valence-corrected chi connectivity index (χ4v) is 2.18. The molecule has 1 aromatic carbocycles. The van der Waals surface area contributed by atoms with Crippen LogP contribution < -0.4 is 5.43 Å². The van der Waals surface area contributed by atoms with E-state index < -0.39 is 11.7 Å². The van der Waals surface area contributed by atoms with Crippen LogP contribution in [0.1, 0.15) is 15.3 Å². The fraction of sp³-hybridized carbons (Fsp3) is 0.154. The van der Waals surface area contributed by atoms with E-state index in [-0.39, 0.29) is 0 Å². The van der Waals surface area contributed by atoms with Crippen LogP contribution in [0.5, 0.6) is 0 Å². The van der Waals surface area contributed by atoms with Gasteiger partial charge in [-0.05, 0) is 43.3 Å². The van der Waals surface area contributed by atoms with Crippen LogP contribution in [0.2, 0.25) is 0 Å². The smallest absolute Gasteiger partial charge is 0.278 e. The summed E-state index contributed by atoms with van der Waals surface area (Å²) in [5, 5.41) is 3.97. The lowest BCUT2D eigenvalue weighted by molar-refractivity contribution is -0.137. The van der Waals surface area contributed by atoms with Gasteiger partial charge in [0.15, 0.2) is 0 Å². The summed E-state index contributed by atoms with van der Waals surface area (Å²) >= 11 is 1.59. The SMILES string of the molecule is Cc1ccc(C=NNc2ccc(C(F)(F)F)cc2)s1. The highest BCUT2D eigenvalue weighted by molar-refractivity contribution is 7.13. The van der Waals surface area contributed by atoms with E-state index in [1.54, 1.807) is 17.6 Å². The molecule has 2 nitrogen and oxygen atoms in total. The summed E-state index contributed by atoms with van der Waals surface area (Å²) < 4.78 is 37.0. The van der Waals surface area contributed by atoms with Gasteiger partial charge in [-0.15, -0.1) is 11.3 Å². The largest absolute Gasteiger partial charge is 0.416 e. The number of alkyl halides is 3. The number of thiophene rings is 1. The van der Waals surface area contributed by atoms with Gasteiger partial charge in [-0.3, -0.25) is 5.43 Å². The molecule has 0 aliphatic rings. The molecule has 2 rings (SSSR count). The number of hydrogen-bond donors (Lipinski definition) is 1. The molecule has 0 atom stereocenters. The second-order valence-corrected chi connectivity index (χ2v) is 5.21. The Morgan fingerprint density at radius 2 is 1.79 bits per heavy atom. The molecule has 100 valence electrons. The van der Waals surface area contributed by atoms with Crippen LogP contribution in [0, 0.1) is 6.92 Å². The Hall–Kier alpha value is -1.82. The van der Waals surface area contributed by atoms with Gasteiger partial charge in [0.2, 0.25) is 0 Å². The molecule has 0 bridgehead atoms. The highest BCUT2D eigenvalue weighted by Crippen LogP contribution is 2.29. The van der Waals surface area contributed by atoms with Crippen molar-refractivity contribution in [1.82, 2.24) is 0 Å². The van der Waals surface area contributed by atoms with Gasteiger partial charge >= 0.3 is 6.18 Å². The summed E-state index contributed by atoms with van der Waals surface area (Å²) in [5.41, 5.74) is 2.53. The minimum Gasteiger partial charge on any atom is -0.278 e. The second kappa shape index (κ2) is 5.44. The van der Waals surface area contributed by atoms with E-state index in [2.05, 4.69) is 10.5 Å². The summed E-state index contributed by atoms with van der Waals surface area (Å²) in [6, 6.07) is 8.64. The molecule has 19 heavy (non-hydrogen) atoms. The summed E-state index contributed by atoms with van der Waals surface area (Å²) in [4.78, 5) is 2.16. The molecule has 1 aromatic heterocycles. The van der Waals surface area contributed by atoms with Crippen LogP contribution >= 0.6 is 11.3 Å². The first-order chi connectivity index (χ1) is 8.95. The number of benzene rings is 1. The Morgan fingerprint density at radius 3 is 2.32 bits per heavy atom. The lowest BCUT2D eigenvalue weighted by Gasteiger charge is -2.06. The average molecular weight is 284 g/mol. The maximum atomic E-state index is 12.3. The number of nitrogens with one attached hydrogen (secondary N) is 1. The average Bonchev–Trinajstić information content (AvgIpc) is 2.75.